The summed E-state index contributed by atoms with van der Waals surface area (Å²) in [5.74, 6) is -0.615. The topological polar surface area (TPSA) is 71.2 Å². The third-order valence-corrected chi connectivity index (χ3v) is 5.16. The number of Topliss-reactive ketones (excluding diaryl/α,β-unsaturated/α-hetero) is 1. The lowest BCUT2D eigenvalue weighted by Gasteiger charge is -2.28. The van der Waals surface area contributed by atoms with Crippen molar-refractivity contribution in [2.75, 3.05) is 19.8 Å². The fourth-order valence-corrected chi connectivity index (χ4v) is 3.66. The minimum Gasteiger partial charge on any atom is -0.380 e. The van der Waals surface area contributed by atoms with Crippen LogP contribution in [-0.2, 0) is 10.2 Å². The number of carbonyl (C=O) groups excluding carboxylic acids is 2. The van der Waals surface area contributed by atoms with Crippen molar-refractivity contribution in [2.24, 2.45) is 0 Å². The van der Waals surface area contributed by atoms with Gasteiger partial charge in [0, 0.05) is 31.2 Å². The number of benzene rings is 1. The highest BCUT2D eigenvalue weighted by molar-refractivity contribution is 6.02. The largest absolute Gasteiger partial charge is 0.380 e. The zero-order valence-electron chi connectivity index (χ0n) is 15.2. The van der Waals surface area contributed by atoms with Gasteiger partial charge in [-0.1, -0.05) is 12.1 Å². The standard InChI is InChI=1S/C20H23FN2O3/c1-12-17(13(2)23-18(12)14(3)24)19(25)22-10-20(8-9-26-11-20)15-4-6-16(21)7-5-15/h4-7,23H,8-11H2,1-3H3,(H,22,25)/t20-/m0/s1. The first-order chi connectivity index (χ1) is 12.3. The Morgan fingerprint density at radius 3 is 2.50 bits per heavy atom. The summed E-state index contributed by atoms with van der Waals surface area (Å²) in [5, 5.41) is 2.98. The van der Waals surface area contributed by atoms with Crippen molar-refractivity contribution in [3.63, 3.8) is 0 Å². The van der Waals surface area contributed by atoms with Crippen LogP contribution >= 0.6 is 0 Å². The second-order valence-corrected chi connectivity index (χ2v) is 6.95. The summed E-state index contributed by atoms with van der Waals surface area (Å²) in [6, 6.07) is 6.35. The molecule has 0 bridgehead atoms. The zero-order chi connectivity index (χ0) is 18.9. The minimum absolute atomic E-state index is 0.100. The van der Waals surface area contributed by atoms with Crippen molar-refractivity contribution >= 4 is 11.7 Å². The van der Waals surface area contributed by atoms with E-state index in [0.717, 1.165) is 12.0 Å². The summed E-state index contributed by atoms with van der Waals surface area (Å²) in [7, 11) is 0. The number of aromatic nitrogens is 1. The molecule has 0 radical (unpaired) electrons. The monoisotopic (exact) mass is 358 g/mol. The molecule has 1 saturated heterocycles. The van der Waals surface area contributed by atoms with Crippen LogP contribution in [0, 0.1) is 19.7 Å². The van der Waals surface area contributed by atoms with Gasteiger partial charge in [-0.05, 0) is 43.5 Å². The molecule has 6 heteroatoms. The number of halogens is 1. The predicted molar refractivity (Wildman–Crippen MR) is 96.1 cm³/mol. The fraction of sp³-hybridized carbons (Fsp3) is 0.400. The van der Waals surface area contributed by atoms with Crippen molar-refractivity contribution in [1.82, 2.24) is 10.3 Å². The molecule has 1 aliphatic rings. The maximum atomic E-state index is 13.3. The Bertz CT molecular complexity index is 833. The molecule has 2 heterocycles. The molecule has 0 unspecified atom stereocenters. The maximum Gasteiger partial charge on any atom is 0.253 e. The van der Waals surface area contributed by atoms with Gasteiger partial charge in [-0.3, -0.25) is 9.59 Å². The van der Waals surface area contributed by atoms with Gasteiger partial charge in [0.25, 0.3) is 5.91 Å². The summed E-state index contributed by atoms with van der Waals surface area (Å²) in [6.45, 7) is 6.48. The van der Waals surface area contributed by atoms with E-state index in [9.17, 15) is 14.0 Å². The molecule has 1 atom stereocenters. The summed E-state index contributed by atoms with van der Waals surface area (Å²) in [5.41, 5.74) is 2.87. The highest BCUT2D eigenvalue weighted by Crippen LogP contribution is 2.33. The maximum absolute atomic E-state index is 13.3. The number of hydrogen-bond acceptors (Lipinski definition) is 3. The van der Waals surface area contributed by atoms with Crippen LogP contribution in [0.2, 0.25) is 0 Å². The second kappa shape index (κ2) is 7.03. The van der Waals surface area contributed by atoms with Crippen LogP contribution in [0.15, 0.2) is 24.3 Å². The first-order valence-corrected chi connectivity index (χ1v) is 8.66. The molecule has 2 aromatic rings. The fourth-order valence-electron chi connectivity index (χ4n) is 3.66. The van der Waals surface area contributed by atoms with E-state index in [0.29, 0.717) is 42.3 Å². The molecule has 5 nitrogen and oxygen atoms in total. The number of ether oxygens (including phenoxy) is 1. The summed E-state index contributed by atoms with van der Waals surface area (Å²) >= 11 is 0. The number of ketones is 1. The Hall–Kier alpha value is -2.47. The molecular formula is C20H23FN2O3. The van der Waals surface area contributed by atoms with Crippen molar-refractivity contribution in [3.05, 3.63) is 58.2 Å². The summed E-state index contributed by atoms with van der Waals surface area (Å²) in [6.07, 6.45) is 0.753. The Kier molecular flexibility index (Phi) is 4.96. The first-order valence-electron chi connectivity index (χ1n) is 8.66. The van der Waals surface area contributed by atoms with E-state index < -0.39 is 0 Å². The van der Waals surface area contributed by atoms with Crippen molar-refractivity contribution in [3.8, 4) is 0 Å². The summed E-state index contributed by atoms with van der Waals surface area (Å²) in [4.78, 5) is 27.4. The molecule has 26 heavy (non-hydrogen) atoms. The van der Waals surface area contributed by atoms with Gasteiger partial charge in [0.15, 0.2) is 5.78 Å². The molecule has 3 rings (SSSR count). The molecule has 0 aliphatic carbocycles. The quantitative estimate of drug-likeness (QED) is 0.807. The normalized spacial score (nSPS) is 19.5. The number of carbonyl (C=O) groups is 2. The number of aromatic amines is 1. The number of amides is 1. The Balaban J connectivity index is 1.81. The predicted octanol–water partition coefficient (Wildman–Crippen LogP) is 3.06. The highest BCUT2D eigenvalue weighted by Gasteiger charge is 2.37. The Morgan fingerprint density at radius 1 is 1.27 bits per heavy atom. The van der Waals surface area contributed by atoms with Crippen LogP contribution in [-0.4, -0.2) is 36.4 Å². The van der Waals surface area contributed by atoms with E-state index in [1.165, 1.54) is 19.1 Å². The lowest BCUT2D eigenvalue weighted by molar-refractivity contribution is 0.0937. The minimum atomic E-state index is -0.370. The number of aryl methyl sites for hydroxylation is 1. The molecule has 0 saturated carbocycles. The van der Waals surface area contributed by atoms with Crippen LogP contribution < -0.4 is 5.32 Å². The van der Waals surface area contributed by atoms with Gasteiger partial charge in [0.05, 0.1) is 17.9 Å². The van der Waals surface area contributed by atoms with Crippen LogP contribution in [0.25, 0.3) is 0 Å². The van der Waals surface area contributed by atoms with Crippen molar-refractivity contribution < 1.29 is 18.7 Å². The molecule has 138 valence electrons. The van der Waals surface area contributed by atoms with Crippen LogP contribution in [0.4, 0.5) is 4.39 Å². The second-order valence-electron chi connectivity index (χ2n) is 6.95. The van der Waals surface area contributed by atoms with E-state index in [1.54, 1.807) is 26.0 Å². The molecule has 1 amide bonds. The number of hydrogen-bond donors (Lipinski definition) is 2. The van der Waals surface area contributed by atoms with Crippen LogP contribution in [0.3, 0.4) is 0 Å². The van der Waals surface area contributed by atoms with Crippen molar-refractivity contribution in [2.45, 2.75) is 32.6 Å². The summed E-state index contributed by atoms with van der Waals surface area (Å²) < 4.78 is 18.8. The zero-order valence-corrected chi connectivity index (χ0v) is 15.2. The molecule has 1 fully saturated rings. The molecule has 1 aromatic carbocycles. The molecular weight excluding hydrogens is 335 g/mol. The van der Waals surface area contributed by atoms with E-state index in [4.69, 9.17) is 4.74 Å². The van der Waals surface area contributed by atoms with Gasteiger partial charge in [-0.2, -0.15) is 0 Å². The van der Waals surface area contributed by atoms with E-state index >= 15 is 0 Å². The average molecular weight is 358 g/mol. The lowest BCUT2D eigenvalue weighted by Crippen LogP contribution is -2.41. The molecule has 2 N–H and O–H groups in total. The number of nitrogens with one attached hydrogen (secondary N) is 2. The molecule has 1 aromatic heterocycles. The average Bonchev–Trinajstić information content (AvgIpc) is 3.19. The third kappa shape index (κ3) is 3.29. The van der Waals surface area contributed by atoms with Crippen LogP contribution in [0.1, 0.15) is 51.0 Å². The van der Waals surface area contributed by atoms with Gasteiger partial charge in [0.2, 0.25) is 0 Å². The van der Waals surface area contributed by atoms with Crippen molar-refractivity contribution in [1.29, 1.82) is 0 Å². The highest BCUT2D eigenvalue weighted by atomic mass is 19.1. The van der Waals surface area contributed by atoms with Gasteiger partial charge in [-0.15, -0.1) is 0 Å². The van der Waals surface area contributed by atoms with Crippen LogP contribution in [0.5, 0.6) is 0 Å². The van der Waals surface area contributed by atoms with Gasteiger partial charge in [-0.25, -0.2) is 4.39 Å². The Labute approximate surface area is 151 Å². The lowest BCUT2D eigenvalue weighted by atomic mass is 9.79. The molecule has 1 aliphatic heterocycles. The van der Waals surface area contributed by atoms with E-state index in [1.807, 2.05) is 0 Å². The van der Waals surface area contributed by atoms with E-state index in [2.05, 4.69) is 10.3 Å². The third-order valence-electron chi connectivity index (χ3n) is 5.16. The Morgan fingerprint density at radius 2 is 1.96 bits per heavy atom. The smallest absolute Gasteiger partial charge is 0.253 e. The van der Waals surface area contributed by atoms with Gasteiger partial charge < -0.3 is 15.0 Å². The SMILES string of the molecule is CC(=O)c1[nH]c(C)c(C(=O)NC[C@@]2(c3ccc(F)cc3)CCOC2)c1C. The van der Waals surface area contributed by atoms with E-state index in [-0.39, 0.29) is 22.9 Å². The van der Waals surface area contributed by atoms with Gasteiger partial charge in [0.1, 0.15) is 5.82 Å². The number of rotatable bonds is 5. The first kappa shape index (κ1) is 18.3. The number of H-pyrrole nitrogens is 1. The molecule has 0 spiro atoms. The van der Waals surface area contributed by atoms with Gasteiger partial charge >= 0.3 is 0 Å².